The van der Waals surface area contributed by atoms with Gasteiger partial charge in [-0.15, -0.1) is 11.3 Å². The van der Waals surface area contributed by atoms with Crippen molar-refractivity contribution < 1.29 is 0 Å². The number of halogens is 1. The van der Waals surface area contributed by atoms with Gasteiger partial charge in [0.1, 0.15) is 0 Å². The number of aryl methyl sites for hydroxylation is 1. The number of thiophene rings is 1. The molecule has 3 heteroatoms. The standard InChI is InChI=1S/C15H16ClNS/c16-13-6-2-1-4-12(13)15(17)11-5-3-7-14-10(11)8-9-18-14/h1-2,4,6,8-9,11,15H,3,5,7,17H2. The highest BCUT2D eigenvalue weighted by atomic mass is 35.5. The molecule has 0 radical (unpaired) electrons. The minimum absolute atomic E-state index is 0.00681. The molecular weight excluding hydrogens is 262 g/mol. The molecule has 18 heavy (non-hydrogen) atoms. The van der Waals surface area contributed by atoms with E-state index in [0.717, 1.165) is 17.0 Å². The summed E-state index contributed by atoms with van der Waals surface area (Å²) < 4.78 is 0. The first-order valence-electron chi connectivity index (χ1n) is 6.33. The topological polar surface area (TPSA) is 26.0 Å². The summed E-state index contributed by atoms with van der Waals surface area (Å²) in [6, 6.07) is 10.2. The van der Waals surface area contributed by atoms with Gasteiger partial charge >= 0.3 is 0 Å². The van der Waals surface area contributed by atoms with Crippen LogP contribution in [0.2, 0.25) is 5.02 Å². The first kappa shape index (κ1) is 12.2. The molecular formula is C15H16ClNS. The molecule has 0 amide bonds. The third-order valence-electron chi connectivity index (χ3n) is 3.80. The van der Waals surface area contributed by atoms with E-state index < -0.39 is 0 Å². The lowest BCUT2D eigenvalue weighted by Gasteiger charge is -2.28. The molecule has 1 aromatic carbocycles. The molecule has 1 nitrogen and oxygen atoms in total. The number of hydrogen-bond acceptors (Lipinski definition) is 2. The molecule has 0 bridgehead atoms. The van der Waals surface area contributed by atoms with Crippen LogP contribution in [0.1, 0.15) is 40.8 Å². The quantitative estimate of drug-likeness (QED) is 0.858. The minimum atomic E-state index is 0.00681. The summed E-state index contributed by atoms with van der Waals surface area (Å²) >= 11 is 8.12. The van der Waals surface area contributed by atoms with Gasteiger partial charge in [-0.25, -0.2) is 0 Å². The SMILES string of the molecule is NC(c1ccccc1Cl)C1CCCc2sccc21. The van der Waals surface area contributed by atoms with Crippen molar-refractivity contribution in [1.82, 2.24) is 0 Å². The van der Waals surface area contributed by atoms with Gasteiger partial charge in [-0.05, 0) is 47.9 Å². The van der Waals surface area contributed by atoms with E-state index in [2.05, 4.69) is 11.4 Å². The second kappa shape index (κ2) is 5.04. The summed E-state index contributed by atoms with van der Waals surface area (Å²) in [5.74, 6) is 0.417. The fraction of sp³-hybridized carbons (Fsp3) is 0.333. The smallest absolute Gasteiger partial charge is 0.0453 e. The molecule has 0 spiro atoms. The second-order valence-corrected chi connectivity index (χ2v) is 6.25. The summed E-state index contributed by atoms with van der Waals surface area (Å²) in [5, 5.41) is 2.97. The number of hydrogen-bond donors (Lipinski definition) is 1. The van der Waals surface area contributed by atoms with Crippen molar-refractivity contribution in [2.45, 2.75) is 31.2 Å². The van der Waals surface area contributed by atoms with E-state index in [-0.39, 0.29) is 6.04 Å². The van der Waals surface area contributed by atoms with Crippen LogP contribution in [-0.4, -0.2) is 0 Å². The minimum Gasteiger partial charge on any atom is -0.323 e. The Morgan fingerprint density at radius 3 is 2.94 bits per heavy atom. The van der Waals surface area contributed by atoms with Crippen molar-refractivity contribution in [1.29, 1.82) is 0 Å². The van der Waals surface area contributed by atoms with Crippen molar-refractivity contribution in [2.24, 2.45) is 5.73 Å². The van der Waals surface area contributed by atoms with Crippen LogP contribution in [0.25, 0.3) is 0 Å². The Bertz CT molecular complexity index is 549. The number of nitrogens with two attached hydrogens (primary N) is 1. The second-order valence-electron chi connectivity index (χ2n) is 4.85. The Hall–Kier alpha value is -0.830. The van der Waals surface area contributed by atoms with Crippen LogP contribution in [0.3, 0.4) is 0 Å². The molecule has 0 saturated carbocycles. The fourth-order valence-electron chi connectivity index (χ4n) is 2.86. The van der Waals surface area contributed by atoms with E-state index in [1.165, 1.54) is 23.3 Å². The van der Waals surface area contributed by atoms with Gasteiger partial charge in [0.25, 0.3) is 0 Å². The molecule has 2 unspecified atom stereocenters. The monoisotopic (exact) mass is 277 g/mol. The van der Waals surface area contributed by atoms with Gasteiger partial charge in [0.2, 0.25) is 0 Å². The molecule has 3 rings (SSSR count). The Balaban J connectivity index is 1.95. The Labute approximate surface area is 117 Å². The van der Waals surface area contributed by atoms with E-state index in [1.807, 2.05) is 35.6 Å². The Morgan fingerprint density at radius 2 is 2.11 bits per heavy atom. The Morgan fingerprint density at radius 1 is 1.28 bits per heavy atom. The lowest BCUT2D eigenvalue weighted by Crippen LogP contribution is -2.23. The molecule has 2 aromatic rings. The number of benzene rings is 1. The first-order valence-corrected chi connectivity index (χ1v) is 7.59. The van der Waals surface area contributed by atoms with Crippen molar-refractivity contribution in [3.63, 3.8) is 0 Å². The lowest BCUT2D eigenvalue weighted by atomic mass is 9.80. The zero-order valence-corrected chi connectivity index (χ0v) is 11.7. The van der Waals surface area contributed by atoms with Crippen LogP contribution in [0, 0.1) is 0 Å². The third-order valence-corrected chi connectivity index (χ3v) is 5.14. The van der Waals surface area contributed by atoms with Crippen LogP contribution in [0.5, 0.6) is 0 Å². The molecule has 1 heterocycles. The lowest BCUT2D eigenvalue weighted by molar-refractivity contribution is 0.479. The van der Waals surface area contributed by atoms with Gasteiger partial charge in [-0.3, -0.25) is 0 Å². The van der Waals surface area contributed by atoms with Crippen molar-refractivity contribution in [3.05, 3.63) is 56.7 Å². The van der Waals surface area contributed by atoms with Gasteiger partial charge in [0, 0.05) is 21.9 Å². The van der Waals surface area contributed by atoms with Gasteiger partial charge in [-0.1, -0.05) is 29.8 Å². The molecule has 2 atom stereocenters. The summed E-state index contributed by atoms with van der Waals surface area (Å²) in [4.78, 5) is 1.51. The van der Waals surface area contributed by atoms with Crippen molar-refractivity contribution in [2.75, 3.05) is 0 Å². The van der Waals surface area contributed by atoms with E-state index in [0.29, 0.717) is 5.92 Å². The van der Waals surface area contributed by atoms with Gasteiger partial charge in [0.05, 0.1) is 0 Å². The molecule has 2 N–H and O–H groups in total. The third kappa shape index (κ3) is 2.09. The molecule has 0 fully saturated rings. The zero-order valence-electron chi connectivity index (χ0n) is 10.1. The molecule has 1 aliphatic rings. The Kier molecular flexibility index (Phi) is 3.42. The van der Waals surface area contributed by atoms with Gasteiger partial charge < -0.3 is 5.73 Å². The number of rotatable bonds is 2. The molecule has 1 aromatic heterocycles. The predicted molar refractivity (Wildman–Crippen MR) is 78.4 cm³/mol. The highest BCUT2D eigenvalue weighted by Gasteiger charge is 2.28. The van der Waals surface area contributed by atoms with Crippen LogP contribution in [0.4, 0.5) is 0 Å². The zero-order chi connectivity index (χ0) is 12.5. The maximum absolute atomic E-state index is 6.46. The highest BCUT2D eigenvalue weighted by molar-refractivity contribution is 7.10. The van der Waals surface area contributed by atoms with Crippen molar-refractivity contribution >= 4 is 22.9 Å². The largest absolute Gasteiger partial charge is 0.323 e. The van der Waals surface area contributed by atoms with E-state index in [9.17, 15) is 0 Å². The maximum Gasteiger partial charge on any atom is 0.0453 e. The summed E-state index contributed by atoms with van der Waals surface area (Å²) in [5.41, 5.74) is 8.98. The van der Waals surface area contributed by atoms with Crippen LogP contribution in [-0.2, 0) is 6.42 Å². The van der Waals surface area contributed by atoms with E-state index in [4.69, 9.17) is 17.3 Å². The highest BCUT2D eigenvalue weighted by Crippen LogP contribution is 2.42. The van der Waals surface area contributed by atoms with Crippen LogP contribution in [0.15, 0.2) is 35.7 Å². The maximum atomic E-state index is 6.46. The average Bonchev–Trinajstić information content (AvgIpc) is 2.86. The van der Waals surface area contributed by atoms with E-state index >= 15 is 0 Å². The van der Waals surface area contributed by atoms with Gasteiger partial charge in [0.15, 0.2) is 0 Å². The predicted octanol–water partition coefficient (Wildman–Crippen LogP) is 4.52. The number of fused-ring (bicyclic) bond motifs is 1. The van der Waals surface area contributed by atoms with Crippen molar-refractivity contribution in [3.8, 4) is 0 Å². The molecule has 1 aliphatic carbocycles. The van der Waals surface area contributed by atoms with Crippen LogP contribution < -0.4 is 5.73 Å². The van der Waals surface area contributed by atoms with E-state index in [1.54, 1.807) is 0 Å². The summed E-state index contributed by atoms with van der Waals surface area (Å²) in [6.07, 6.45) is 3.60. The summed E-state index contributed by atoms with van der Waals surface area (Å²) in [7, 11) is 0. The normalized spacial score (nSPS) is 20.4. The summed E-state index contributed by atoms with van der Waals surface area (Å²) in [6.45, 7) is 0. The molecule has 0 saturated heterocycles. The molecule has 0 aliphatic heterocycles. The van der Waals surface area contributed by atoms with Gasteiger partial charge in [-0.2, -0.15) is 0 Å². The van der Waals surface area contributed by atoms with Crippen LogP contribution >= 0.6 is 22.9 Å². The molecule has 94 valence electrons. The fourth-order valence-corrected chi connectivity index (χ4v) is 4.12. The first-order chi connectivity index (χ1) is 8.77. The average molecular weight is 278 g/mol.